The highest BCUT2D eigenvalue weighted by Crippen LogP contribution is 2.21. The molecule has 0 aromatic heterocycles. The van der Waals surface area contributed by atoms with Gasteiger partial charge < -0.3 is 10.1 Å². The third-order valence-corrected chi connectivity index (χ3v) is 5.94. The lowest BCUT2D eigenvalue weighted by molar-refractivity contribution is -0.121. The maximum Gasteiger partial charge on any atom is 0.232 e. The zero-order chi connectivity index (χ0) is 23.2. The van der Waals surface area contributed by atoms with E-state index in [1.807, 2.05) is 39.0 Å². The number of nitrogens with zero attached hydrogens (tertiary/aromatic N) is 1. The van der Waals surface area contributed by atoms with E-state index in [-0.39, 0.29) is 37.0 Å². The first-order valence-electron chi connectivity index (χ1n) is 9.89. The van der Waals surface area contributed by atoms with Gasteiger partial charge >= 0.3 is 0 Å². The van der Waals surface area contributed by atoms with Crippen molar-refractivity contribution in [2.24, 2.45) is 0 Å². The van der Waals surface area contributed by atoms with Crippen molar-refractivity contribution in [3.63, 3.8) is 0 Å². The molecule has 0 heterocycles. The summed E-state index contributed by atoms with van der Waals surface area (Å²) in [6.45, 7) is 6.07. The molecule has 2 aromatic rings. The summed E-state index contributed by atoms with van der Waals surface area (Å²) >= 11 is 0. The van der Waals surface area contributed by atoms with Gasteiger partial charge in [0.25, 0.3) is 0 Å². The fourth-order valence-electron chi connectivity index (χ4n) is 2.92. The van der Waals surface area contributed by atoms with Gasteiger partial charge in [-0.25, -0.2) is 17.2 Å². The first-order chi connectivity index (χ1) is 14.5. The van der Waals surface area contributed by atoms with E-state index in [0.717, 1.165) is 34.0 Å². The molecule has 31 heavy (non-hydrogen) atoms. The summed E-state index contributed by atoms with van der Waals surface area (Å²) in [6.07, 6.45) is 1.26. The van der Waals surface area contributed by atoms with Crippen molar-refractivity contribution in [2.75, 3.05) is 23.7 Å². The molecule has 2 aromatic carbocycles. The van der Waals surface area contributed by atoms with Gasteiger partial charge in [0.05, 0.1) is 18.0 Å². The Balaban J connectivity index is 1.84. The van der Waals surface area contributed by atoms with E-state index in [1.165, 1.54) is 11.6 Å². The predicted molar refractivity (Wildman–Crippen MR) is 117 cm³/mol. The predicted octanol–water partition coefficient (Wildman–Crippen LogP) is 3.71. The van der Waals surface area contributed by atoms with Crippen LogP contribution in [-0.4, -0.2) is 39.8 Å². The minimum absolute atomic E-state index is 0.0111. The van der Waals surface area contributed by atoms with Crippen LogP contribution in [0.1, 0.15) is 30.9 Å². The monoisotopic (exact) mass is 454 g/mol. The molecule has 0 aliphatic carbocycles. The first-order valence-corrected chi connectivity index (χ1v) is 11.7. The van der Waals surface area contributed by atoms with Gasteiger partial charge in [-0.1, -0.05) is 6.07 Å². The third kappa shape index (κ3) is 7.50. The lowest BCUT2D eigenvalue weighted by Gasteiger charge is -2.22. The number of amides is 1. The van der Waals surface area contributed by atoms with Crippen LogP contribution >= 0.6 is 0 Å². The van der Waals surface area contributed by atoms with Crippen LogP contribution in [0.4, 0.5) is 14.5 Å². The van der Waals surface area contributed by atoms with Crippen LogP contribution in [0.2, 0.25) is 0 Å². The highest BCUT2D eigenvalue weighted by Gasteiger charge is 2.19. The lowest BCUT2D eigenvalue weighted by atomic mass is 10.1. The maximum atomic E-state index is 13.5. The molecule has 0 aliphatic heterocycles. The van der Waals surface area contributed by atoms with E-state index in [0.29, 0.717) is 6.61 Å². The maximum absolute atomic E-state index is 13.5. The molecular formula is C22H28F2N2O4S. The smallest absolute Gasteiger partial charge is 0.232 e. The van der Waals surface area contributed by atoms with Crippen molar-refractivity contribution in [1.82, 2.24) is 5.32 Å². The van der Waals surface area contributed by atoms with Gasteiger partial charge in [-0.2, -0.15) is 0 Å². The molecule has 0 unspecified atom stereocenters. The summed E-state index contributed by atoms with van der Waals surface area (Å²) in [5, 5.41) is 2.80. The van der Waals surface area contributed by atoms with Gasteiger partial charge in [-0.05, 0) is 62.6 Å². The third-order valence-electron chi connectivity index (χ3n) is 4.74. The number of aryl methyl sites for hydroxylation is 2. The fraction of sp³-hybridized carbons (Fsp3) is 0.409. The standard InChI is InChI=1S/C22H28F2N2O4S/c1-15-7-9-19(12-16(15)2)30-14-17(3)25-22(27)6-5-11-26(31(4,28)29)18-8-10-20(23)21(24)13-18/h7-10,12-13,17H,5-6,11,14H2,1-4H3,(H,25,27)/t17-/m0/s1. The Hall–Kier alpha value is -2.68. The van der Waals surface area contributed by atoms with Crippen molar-refractivity contribution < 1.29 is 26.7 Å². The summed E-state index contributed by atoms with van der Waals surface area (Å²) in [4.78, 5) is 12.2. The van der Waals surface area contributed by atoms with Gasteiger partial charge in [0.15, 0.2) is 11.6 Å². The average molecular weight is 455 g/mol. The normalized spacial score (nSPS) is 12.3. The summed E-state index contributed by atoms with van der Waals surface area (Å²) in [7, 11) is -3.72. The molecule has 0 spiro atoms. The van der Waals surface area contributed by atoms with Gasteiger partial charge in [-0.3, -0.25) is 9.10 Å². The van der Waals surface area contributed by atoms with Crippen LogP contribution in [0.3, 0.4) is 0 Å². The van der Waals surface area contributed by atoms with E-state index in [1.54, 1.807) is 0 Å². The number of anilines is 1. The number of carbonyl (C=O) groups excluding carboxylic acids is 1. The topological polar surface area (TPSA) is 75.7 Å². The van der Waals surface area contributed by atoms with Crippen molar-refractivity contribution in [1.29, 1.82) is 0 Å². The second kappa shape index (κ2) is 10.6. The van der Waals surface area contributed by atoms with Crippen LogP contribution in [0.15, 0.2) is 36.4 Å². The molecule has 0 aliphatic rings. The van der Waals surface area contributed by atoms with Crippen LogP contribution < -0.4 is 14.4 Å². The quantitative estimate of drug-likeness (QED) is 0.594. The highest BCUT2D eigenvalue weighted by molar-refractivity contribution is 7.92. The molecule has 9 heteroatoms. The first kappa shape index (κ1) is 24.6. The molecule has 0 saturated carbocycles. The molecule has 0 saturated heterocycles. The molecule has 170 valence electrons. The molecule has 6 nitrogen and oxygen atoms in total. The molecule has 1 atom stereocenters. The van der Waals surface area contributed by atoms with E-state index < -0.39 is 21.7 Å². The fourth-order valence-corrected chi connectivity index (χ4v) is 3.88. The molecule has 2 rings (SSSR count). The number of hydrogen-bond donors (Lipinski definition) is 1. The van der Waals surface area contributed by atoms with Crippen LogP contribution in [0, 0.1) is 25.5 Å². The van der Waals surface area contributed by atoms with Gasteiger partial charge in [0.2, 0.25) is 15.9 Å². The molecule has 1 amide bonds. The van der Waals surface area contributed by atoms with E-state index >= 15 is 0 Å². The summed E-state index contributed by atoms with van der Waals surface area (Å²) < 4.78 is 57.4. The van der Waals surface area contributed by atoms with Gasteiger partial charge in [-0.15, -0.1) is 0 Å². The Labute approximate surface area is 182 Å². The van der Waals surface area contributed by atoms with Crippen molar-refractivity contribution in [3.05, 3.63) is 59.2 Å². The minimum atomic E-state index is -3.72. The number of carbonyl (C=O) groups is 1. The Morgan fingerprint density at radius 2 is 1.81 bits per heavy atom. The zero-order valence-electron chi connectivity index (χ0n) is 18.1. The van der Waals surface area contributed by atoms with E-state index in [2.05, 4.69) is 5.32 Å². The van der Waals surface area contributed by atoms with Crippen molar-refractivity contribution >= 4 is 21.6 Å². The minimum Gasteiger partial charge on any atom is -0.491 e. The second-order valence-corrected chi connectivity index (χ2v) is 9.47. The zero-order valence-corrected chi connectivity index (χ0v) is 18.9. The Bertz CT molecular complexity index is 1030. The summed E-state index contributed by atoms with van der Waals surface area (Å²) in [5.41, 5.74) is 2.29. The summed E-state index contributed by atoms with van der Waals surface area (Å²) in [6, 6.07) is 8.40. The molecule has 0 radical (unpaired) electrons. The van der Waals surface area contributed by atoms with Gasteiger partial charge in [0, 0.05) is 19.0 Å². The number of hydrogen-bond acceptors (Lipinski definition) is 4. The van der Waals surface area contributed by atoms with E-state index in [4.69, 9.17) is 4.74 Å². The number of sulfonamides is 1. The highest BCUT2D eigenvalue weighted by atomic mass is 32.2. The SMILES string of the molecule is Cc1ccc(OC[C@H](C)NC(=O)CCCN(c2ccc(F)c(F)c2)S(C)(=O)=O)cc1C. The van der Waals surface area contributed by atoms with Crippen LogP contribution in [-0.2, 0) is 14.8 Å². The number of benzene rings is 2. The largest absolute Gasteiger partial charge is 0.491 e. The Kier molecular flexibility index (Phi) is 8.38. The molecule has 1 N–H and O–H groups in total. The average Bonchev–Trinajstić information content (AvgIpc) is 2.67. The van der Waals surface area contributed by atoms with Crippen LogP contribution in [0.5, 0.6) is 5.75 Å². The van der Waals surface area contributed by atoms with Crippen molar-refractivity contribution in [2.45, 2.75) is 39.7 Å². The molecule has 0 bridgehead atoms. The molecular weight excluding hydrogens is 426 g/mol. The van der Waals surface area contributed by atoms with Gasteiger partial charge in [0.1, 0.15) is 12.4 Å². The number of nitrogens with one attached hydrogen (secondary N) is 1. The number of ether oxygens (including phenoxy) is 1. The summed E-state index contributed by atoms with van der Waals surface area (Å²) in [5.74, 6) is -1.73. The molecule has 0 fully saturated rings. The Morgan fingerprint density at radius 1 is 1.10 bits per heavy atom. The lowest BCUT2D eigenvalue weighted by Crippen LogP contribution is -2.37. The van der Waals surface area contributed by atoms with Crippen LogP contribution in [0.25, 0.3) is 0 Å². The number of rotatable bonds is 10. The van der Waals surface area contributed by atoms with Crippen molar-refractivity contribution in [3.8, 4) is 5.75 Å². The number of halogens is 2. The second-order valence-electron chi connectivity index (χ2n) is 7.56. The van der Waals surface area contributed by atoms with E-state index in [9.17, 15) is 22.0 Å². The Morgan fingerprint density at radius 3 is 2.42 bits per heavy atom.